The number of hydrogen-bond donors (Lipinski definition) is 2. The third-order valence-electron chi connectivity index (χ3n) is 5.85. The average Bonchev–Trinajstić information content (AvgIpc) is 3.17. The summed E-state index contributed by atoms with van der Waals surface area (Å²) in [4.78, 5) is 51.9. The zero-order chi connectivity index (χ0) is 26.0. The van der Waals surface area contributed by atoms with Crippen LogP contribution in [0.2, 0.25) is 0 Å². The predicted octanol–water partition coefficient (Wildman–Crippen LogP) is 2.56. The van der Waals surface area contributed by atoms with Crippen molar-refractivity contribution in [3.63, 3.8) is 0 Å². The highest BCUT2D eigenvalue weighted by atomic mass is 16.2. The lowest BCUT2D eigenvalue weighted by atomic mass is 10.1. The first kappa shape index (κ1) is 24.9. The summed E-state index contributed by atoms with van der Waals surface area (Å²) in [5.74, 6) is -0.608. The smallest absolute Gasteiger partial charge is 0.350 e. The van der Waals surface area contributed by atoms with Crippen molar-refractivity contribution in [2.45, 2.75) is 59.7 Å². The quantitative estimate of drug-likeness (QED) is 0.393. The Morgan fingerprint density at radius 1 is 1.03 bits per heavy atom. The second-order valence-corrected chi connectivity index (χ2v) is 8.99. The Kier molecular flexibility index (Phi) is 7.05. The highest BCUT2D eigenvalue weighted by molar-refractivity contribution is 5.98. The molecule has 10 heteroatoms. The van der Waals surface area contributed by atoms with E-state index in [0.29, 0.717) is 29.6 Å². The number of carbonyl (C=O) groups is 2. The summed E-state index contributed by atoms with van der Waals surface area (Å²) in [7, 11) is 0. The number of rotatable bonds is 8. The number of hydrogen-bond acceptors (Lipinski definition) is 5. The number of carbonyl (C=O) groups excluding carboxylic acids is 2. The molecule has 2 amide bonds. The van der Waals surface area contributed by atoms with Crippen LogP contribution in [-0.4, -0.2) is 36.6 Å². The van der Waals surface area contributed by atoms with Crippen LogP contribution in [0.5, 0.6) is 0 Å². The van der Waals surface area contributed by atoms with Gasteiger partial charge in [0.15, 0.2) is 0 Å². The standard InChI is InChI=1S/C26H30N6O4/c1-5-13-30-24(35)20-12-9-18(23(34)27-16(3)4)14-21(20)32-25(30)29-31(26(32)36)15-22(33)28-19-10-7-17(6-2)8-11-19/h7-12,14,16H,5-6,13,15H2,1-4H3,(H,27,34)(H,28,33). The molecule has 2 heterocycles. The topological polar surface area (TPSA) is 120 Å². The van der Waals surface area contributed by atoms with Crippen LogP contribution in [0.15, 0.2) is 52.1 Å². The first-order valence-electron chi connectivity index (χ1n) is 12.1. The molecule has 0 spiro atoms. The Morgan fingerprint density at radius 3 is 2.39 bits per heavy atom. The molecule has 2 aromatic carbocycles. The Bertz CT molecular complexity index is 1560. The first-order chi connectivity index (χ1) is 17.2. The maximum absolute atomic E-state index is 13.4. The molecule has 0 unspecified atom stereocenters. The van der Waals surface area contributed by atoms with Gasteiger partial charge < -0.3 is 10.6 Å². The average molecular weight is 491 g/mol. The minimum atomic E-state index is -0.572. The monoisotopic (exact) mass is 490 g/mol. The Morgan fingerprint density at radius 2 is 1.75 bits per heavy atom. The molecule has 0 bridgehead atoms. The van der Waals surface area contributed by atoms with Crippen molar-refractivity contribution in [1.82, 2.24) is 24.1 Å². The van der Waals surface area contributed by atoms with Crippen molar-refractivity contribution in [3.05, 3.63) is 74.4 Å². The molecule has 0 fully saturated rings. The highest BCUT2D eigenvalue weighted by Gasteiger charge is 2.20. The van der Waals surface area contributed by atoms with Crippen LogP contribution in [-0.2, 0) is 24.3 Å². The van der Waals surface area contributed by atoms with Gasteiger partial charge in [-0.1, -0.05) is 26.0 Å². The summed E-state index contributed by atoms with van der Waals surface area (Å²) >= 11 is 0. The van der Waals surface area contributed by atoms with Gasteiger partial charge in [0.2, 0.25) is 11.7 Å². The molecule has 0 saturated heterocycles. The Balaban J connectivity index is 1.79. The van der Waals surface area contributed by atoms with E-state index in [1.54, 1.807) is 24.3 Å². The summed E-state index contributed by atoms with van der Waals surface area (Å²) < 4.78 is 3.76. The molecule has 4 aromatic rings. The number of benzene rings is 2. The summed E-state index contributed by atoms with van der Waals surface area (Å²) in [5.41, 5.74) is 1.46. The number of anilines is 1. The van der Waals surface area contributed by atoms with Gasteiger partial charge in [0.05, 0.1) is 10.9 Å². The van der Waals surface area contributed by atoms with Gasteiger partial charge in [-0.25, -0.2) is 13.9 Å². The number of aromatic nitrogens is 4. The van der Waals surface area contributed by atoms with Crippen LogP contribution in [0, 0.1) is 0 Å². The van der Waals surface area contributed by atoms with Crippen LogP contribution in [0.1, 0.15) is 50.0 Å². The summed E-state index contributed by atoms with van der Waals surface area (Å²) in [5, 5.41) is 10.2. The Hall–Kier alpha value is -4.21. The molecule has 0 aliphatic rings. The van der Waals surface area contributed by atoms with Crippen molar-refractivity contribution < 1.29 is 9.59 Å². The predicted molar refractivity (Wildman–Crippen MR) is 139 cm³/mol. The fraction of sp³-hybridized carbons (Fsp3) is 0.346. The summed E-state index contributed by atoms with van der Waals surface area (Å²) in [6, 6.07) is 12.0. The van der Waals surface area contributed by atoms with Crippen molar-refractivity contribution in [2.24, 2.45) is 0 Å². The number of nitrogens with one attached hydrogen (secondary N) is 2. The number of amides is 2. The molecular weight excluding hydrogens is 460 g/mol. The van der Waals surface area contributed by atoms with E-state index < -0.39 is 11.6 Å². The number of fused-ring (bicyclic) bond motifs is 3. The number of nitrogens with zero attached hydrogens (tertiary/aromatic N) is 4. The summed E-state index contributed by atoms with van der Waals surface area (Å²) in [6.07, 6.45) is 1.53. The van der Waals surface area contributed by atoms with Crippen molar-refractivity contribution in [3.8, 4) is 0 Å². The van der Waals surface area contributed by atoms with Gasteiger partial charge in [0, 0.05) is 23.8 Å². The maximum atomic E-state index is 13.4. The zero-order valence-electron chi connectivity index (χ0n) is 20.9. The molecule has 36 heavy (non-hydrogen) atoms. The molecule has 2 aromatic heterocycles. The van der Waals surface area contributed by atoms with Gasteiger partial charge in [-0.3, -0.25) is 19.0 Å². The molecule has 0 atom stereocenters. The second-order valence-electron chi connectivity index (χ2n) is 8.99. The van der Waals surface area contributed by atoms with Gasteiger partial charge in [0.25, 0.3) is 11.5 Å². The van der Waals surface area contributed by atoms with E-state index in [1.807, 2.05) is 39.8 Å². The van der Waals surface area contributed by atoms with E-state index in [4.69, 9.17) is 0 Å². The van der Waals surface area contributed by atoms with Crippen LogP contribution in [0.25, 0.3) is 16.7 Å². The molecule has 0 saturated carbocycles. The third kappa shape index (κ3) is 4.79. The fourth-order valence-electron chi connectivity index (χ4n) is 4.09. The fourth-order valence-corrected chi connectivity index (χ4v) is 4.09. The second kappa shape index (κ2) is 10.2. The molecule has 0 aliphatic heterocycles. The van der Waals surface area contributed by atoms with E-state index in [2.05, 4.69) is 15.7 Å². The molecule has 4 rings (SSSR count). The third-order valence-corrected chi connectivity index (χ3v) is 5.85. The van der Waals surface area contributed by atoms with Crippen molar-refractivity contribution >= 4 is 34.2 Å². The van der Waals surface area contributed by atoms with E-state index in [-0.39, 0.29) is 35.3 Å². The van der Waals surface area contributed by atoms with E-state index in [1.165, 1.54) is 15.0 Å². The summed E-state index contributed by atoms with van der Waals surface area (Å²) in [6.45, 7) is 7.67. The van der Waals surface area contributed by atoms with Gasteiger partial charge in [0.1, 0.15) is 6.54 Å². The Labute approximate surface area is 207 Å². The molecule has 2 N–H and O–H groups in total. The maximum Gasteiger partial charge on any atom is 0.352 e. The van der Waals surface area contributed by atoms with Gasteiger partial charge in [-0.15, -0.1) is 5.10 Å². The highest BCUT2D eigenvalue weighted by Crippen LogP contribution is 2.15. The largest absolute Gasteiger partial charge is 0.352 e. The zero-order valence-corrected chi connectivity index (χ0v) is 20.9. The van der Waals surface area contributed by atoms with E-state index in [0.717, 1.165) is 16.7 Å². The lowest BCUT2D eigenvalue weighted by Gasteiger charge is -2.11. The number of aryl methyl sites for hydroxylation is 2. The minimum Gasteiger partial charge on any atom is -0.350 e. The van der Waals surface area contributed by atoms with Crippen molar-refractivity contribution in [2.75, 3.05) is 5.32 Å². The lowest BCUT2D eigenvalue weighted by molar-refractivity contribution is -0.117. The van der Waals surface area contributed by atoms with Crippen LogP contribution in [0.4, 0.5) is 5.69 Å². The van der Waals surface area contributed by atoms with Crippen LogP contribution >= 0.6 is 0 Å². The first-order valence-corrected chi connectivity index (χ1v) is 12.1. The van der Waals surface area contributed by atoms with Gasteiger partial charge >= 0.3 is 5.69 Å². The van der Waals surface area contributed by atoms with Crippen LogP contribution in [0.3, 0.4) is 0 Å². The van der Waals surface area contributed by atoms with Crippen LogP contribution < -0.4 is 21.9 Å². The van der Waals surface area contributed by atoms with Gasteiger partial charge in [-0.2, -0.15) is 0 Å². The molecule has 10 nitrogen and oxygen atoms in total. The molecule has 0 aliphatic carbocycles. The van der Waals surface area contributed by atoms with Crippen molar-refractivity contribution in [1.29, 1.82) is 0 Å². The van der Waals surface area contributed by atoms with E-state index >= 15 is 0 Å². The minimum absolute atomic E-state index is 0.0760. The van der Waals surface area contributed by atoms with E-state index in [9.17, 15) is 19.2 Å². The molecule has 188 valence electrons. The lowest BCUT2D eigenvalue weighted by Crippen LogP contribution is -2.31. The normalized spacial score (nSPS) is 11.4. The SMILES string of the molecule is CCCn1c(=O)c2ccc(C(=O)NC(C)C)cc2n2c(=O)n(CC(=O)Nc3ccc(CC)cc3)nc12. The van der Waals surface area contributed by atoms with Gasteiger partial charge in [-0.05, 0) is 62.6 Å². The molecule has 0 radical (unpaired) electrons. The molecular formula is C26H30N6O4.